The number of aliphatic carboxylic acids is 1. The van der Waals surface area contributed by atoms with Gasteiger partial charge in [0.1, 0.15) is 11.8 Å². The molecule has 5 nitrogen and oxygen atoms in total. The second-order valence-electron chi connectivity index (χ2n) is 4.79. The SMILES string of the molecule is COc1ccc2c(c1)C1CCNC(C(=O)O)C1N2. The Labute approximate surface area is 105 Å². The fraction of sp³-hybridized carbons (Fsp3) is 0.462. The summed E-state index contributed by atoms with van der Waals surface area (Å²) in [5.74, 6) is 0.274. The zero-order valence-corrected chi connectivity index (χ0v) is 10.1. The van der Waals surface area contributed by atoms with Gasteiger partial charge in [-0.25, -0.2) is 0 Å². The zero-order chi connectivity index (χ0) is 12.7. The van der Waals surface area contributed by atoms with Gasteiger partial charge in [-0.1, -0.05) is 0 Å². The first-order valence-corrected chi connectivity index (χ1v) is 6.11. The molecule has 1 saturated heterocycles. The van der Waals surface area contributed by atoms with E-state index in [2.05, 4.69) is 10.6 Å². The number of hydrogen-bond acceptors (Lipinski definition) is 4. The maximum absolute atomic E-state index is 11.2. The highest BCUT2D eigenvalue weighted by Gasteiger charge is 2.43. The van der Waals surface area contributed by atoms with E-state index in [9.17, 15) is 9.90 Å². The van der Waals surface area contributed by atoms with Gasteiger partial charge in [0.2, 0.25) is 0 Å². The lowest BCUT2D eigenvalue weighted by molar-refractivity contribution is -0.140. The predicted molar refractivity (Wildman–Crippen MR) is 67.2 cm³/mol. The summed E-state index contributed by atoms with van der Waals surface area (Å²) in [5.41, 5.74) is 2.20. The summed E-state index contributed by atoms with van der Waals surface area (Å²) in [7, 11) is 1.64. The van der Waals surface area contributed by atoms with Gasteiger partial charge < -0.3 is 20.5 Å². The van der Waals surface area contributed by atoms with Crippen molar-refractivity contribution in [2.75, 3.05) is 19.0 Å². The van der Waals surface area contributed by atoms with Crippen molar-refractivity contribution in [2.24, 2.45) is 0 Å². The molecule has 2 heterocycles. The molecule has 96 valence electrons. The Morgan fingerprint density at radius 2 is 2.33 bits per heavy atom. The van der Waals surface area contributed by atoms with Crippen LogP contribution in [0.5, 0.6) is 5.75 Å². The van der Waals surface area contributed by atoms with Crippen LogP contribution in [0.25, 0.3) is 0 Å². The number of carboxylic acid groups (broad SMARTS) is 1. The maximum Gasteiger partial charge on any atom is 0.322 e. The van der Waals surface area contributed by atoms with Crippen LogP contribution in [0.4, 0.5) is 5.69 Å². The van der Waals surface area contributed by atoms with Crippen molar-refractivity contribution in [1.29, 1.82) is 0 Å². The van der Waals surface area contributed by atoms with E-state index in [4.69, 9.17) is 4.74 Å². The Balaban J connectivity index is 1.96. The van der Waals surface area contributed by atoms with Gasteiger partial charge in [-0.3, -0.25) is 4.79 Å². The molecule has 0 aliphatic carbocycles. The van der Waals surface area contributed by atoms with Crippen LogP contribution >= 0.6 is 0 Å². The van der Waals surface area contributed by atoms with Crippen molar-refractivity contribution in [3.05, 3.63) is 23.8 Å². The lowest BCUT2D eigenvalue weighted by Crippen LogP contribution is -2.54. The lowest BCUT2D eigenvalue weighted by Gasteiger charge is -2.32. The second kappa shape index (κ2) is 4.17. The van der Waals surface area contributed by atoms with Crippen LogP contribution < -0.4 is 15.4 Å². The van der Waals surface area contributed by atoms with Gasteiger partial charge in [-0.15, -0.1) is 0 Å². The molecule has 0 spiro atoms. The number of piperidine rings is 1. The van der Waals surface area contributed by atoms with E-state index in [-0.39, 0.29) is 12.0 Å². The number of carboxylic acids is 1. The number of nitrogens with one attached hydrogen (secondary N) is 2. The molecule has 0 saturated carbocycles. The molecule has 18 heavy (non-hydrogen) atoms. The fourth-order valence-corrected chi connectivity index (χ4v) is 2.99. The summed E-state index contributed by atoms with van der Waals surface area (Å²) < 4.78 is 5.23. The summed E-state index contributed by atoms with van der Waals surface area (Å²) in [6.07, 6.45) is 0.946. The minimum absolute atomic E-state index is 0.0710. The average molecular weight is 248 g/mol. The van der Waals surface area contributed by atoms with E-state index in [0.717, 1.165) is 24.4 Å². The third kappa shape index (κ3) is 1.62. The van der Waals surface area contributed by atoms with Crippen LogP contribution in [0.3, 0.4) is 0 Å². The van der Waals surface area contributed by atoms with Gasteiger partial charge in [-0.2, -0.15) is 0 Å². The number of fused-ring (bicyclic) bond motifs is 3. The van der Waals surface area contributed by atoms with E-state index >= 15 is 0 Å². The third-order valence-corrected chi connectivity index (χ3v) is 3.86. The van der Waals surface area contributed by atoms with E-state index in [1.54, 1.807) is 7.11 Å². The second-order valence-corrected chi connectivity index (χ2v) is 4.79. The molecule has 0 bridgehead atoms. The van der Waals surface area contributed by atoms with Crippen molar-refractivity contribution in [3.63, 3.8) is 0 Å². The third-order valence-electron chi connectivity index (χ3n) is 3.86. The van der Waals surface area contributed by atoms with Gasteiger partial charge in [0.05, 0.1) is 13.2 Å². The Bertz CT molecular complexity index is 489. The summed E-state index contributed by atoms with van der Waals surface area (Å²) in [6, 6.07) is 5.27. The average Bonchev–Trinajstić information content (AvgIpc) is 2.75. The molecule has 1 aromatic carbocycles. The van der Waals surface area contributed by atoms with Crippen molar-refractivity contribution in [3.8, 4) is 5.75 Å². The first kappa shape index (κ1) is 11.3. The summed E-state index contributed by atoms with van der Waals surface area (Å²) >= 11 is 0. The van der Waals surface area contributed by atoms with Crippen LogP contribution in [-0.2, 0) is 4.79 Å². The molecular formula is C13H16N2O3. The van der Waals surface area contributed by atoms with Crippen molar-refractivity contribution in [1.82, 2.24) is 5.32 Å². The molecule has 5 heteroatoms. The molecule has 3 unspecified atom stereocenters. The highest BCUT2D eigenvalue weighted by atomic mass is 16.5. The normalized spacial score (nSPS) is 29.1. The molecule has 3 rings (SSSR count). The predicted octanol–water partition coefficient (Wildman–Crippen LogP) is 1.02. The molecular weight excluding hydrogens is 232 g/mol. The van der Waals surface area contributed by atoms with E-state index in [1.165, 1.54) is 5.56 Å². The lowest BCUT2D eigenvalue weighted by atomic mass is 9.85. The van der Waals surface area contributed by atoms with Crippen LogP contribution in [0.1, 0.15) is 17.9 Å². The largest absolute Gasteiger partial charge is 0.497 e. The van der Waals surface area contributed by atoms with Crippen molar-refractivity contribution >= 4 is 11.7 Å². The first-order valence-electron chi connectivity index (χ1n) is 6.11. The molecule has 0 radical (unpaired) electrons. The zero-order valence-electron chi connectivity index (χ0n) is 10.1. The number of anilines is 1. The van der Waals surface area contributed by atoms with E-state index < -0.39 is 12.0 Å². The number of benzene rings is 1. The Kier molecular flexibility index (Phi) is 2.63. The smallest absolute Gasteiger partial charge is 0.322 e. The number of carbonyl (C=O) groups is 1. The maximum atomic E-state index is 11.2. The number of hydrogen-bond donors (Lipinski definition) is 3. The molecule has 2 aliphatic heterocycles. The Morgan fingerprint density at radius 1 is 1.50 bits per heavy atom. The number of rotatable bonds is 2. The van der Waals surface area contributed by atoms with Gasteiger partial charge in [0.25, 0.3) is 0 Å². The van der Waals surface area contributed by atoms with Crippen LogP contribution in [0.2, 0.25) is 0 Å². The summed E-state index contributed by atoms with van der Waals surface area (Å²) in [6.45, 7) is 0.733. The quantitative estimate of drug-likeness (QED) is 0.729. The summed E-state index contributed by atoms with van der Waals surface area (Å²) in [5, 5.41) is 15.6. The van der Waals surface area contributed by atoms with E-state index in [1.807, 2.05) is 18.2 Å². The molecule has 0 amide bonds. The minimum atomic E-state index is -0.794. The Hall–Kier alpha value is -1.75. The van der Waals surface area contributed by atoms with Gasteiger partial charge >= 0.3 is 5.97 Å². The number of ether oxygens (including phenoxy) is 1. The van der Waals surface area contributed by atoms with Crippen LogP contribution in [0.15, 0.2) is 18.2 Å². The molecule has 3 atom stereocenters. The molecule has 1 aromatic rings. The molecule has 2 aliphatic rings. The van der Waals surface area contributed by atoms with Crippen molar-refractivity contribution in [2.45, 2.75) is 24.4 Å². The Morgan fingerprint density at radius 3 is 3.06 bits per heavy atom. The monoisotopic (exact) mass is 248 g/mol. The van der Waals surface area contributed by atoms with Gasteiger partial charge in [0, 0.05) is 11.6 Å². The van der Waals surface area contributed by atoms with Gasteiger partial charge in [0.15, 0.2) is 0 Å². The van der Waals surface area contributed by atoms with E-state index in [0.29, 0.717) is 0 Å². The standard InChI is InChI=1S/C13H16N2O3/c1-18-7-2-3-10-9(6-7)8-4-5-14-12(13(16)17)11(8)15-10/h2-3,6,8,11-12,14-15H,4-5H2,1H3,(H,16,17). The topological polar surface area (TPSA) is 70.6 Å². The fourth-order valence-electron chi connectivity index (χ4n) is 2.99. The molecule has 1 fully saturated rings. The minimum Gasteiger partial charge on any atom is -0.497 e. The highest BCUT2D eigenvalue weighted by molar-refractivity contribution is 5.77. The molecule has 3 N–H and O–H groups in total. The van der Waals surface area contributed by atoms with Gasteiger partial charge in [-0.05, 0) is 36.7 Å². The number of methoxy groups -OCH3 is 1. The van der Waals surface area contributed by atoms with Crippen LogP contribution in [-0.4, -0.2) is 36.8 Å². The van der Waals surface area contributed by atoms with Crippen molar-refractivity contribution < 1.29 is 14.6 Å². The highest BCUT2D eigenvalue weighted by Crippen LogP contribution is 2.42. The summed E-state index contributed by atoms with van der Waals surface area (Å²) in [4.78, 5) is 11.2. The van der Waals surface area contributed by atoms with Crippen LogP contribution in [0, 0.1) is 0 Å². The first-order chi connectivity index (χ1) is 8.70. The molecule has 0 aromatic heterocycles.